The lowest BCUT2D eigenvalue weighted by molar-refractivity contribution is -0.146. The van der Waals surface area contributed by atoms with Gasteiger partial charge in [0.05, 0.1) is 13.0 Å². The number of primary amides is 1. The lowest BCUT2D eigenvalue weighted by Gasteiger charge is -2.39. The van der Waals surface area contributed by atoms with E-state index in [2.05, 4.69) is 24.5 Å². The highest BCUT2D eigenvalue weighted by Crippen LogP contribution is 2.30. The van der Waals surface area contributed by atoms with Crippen molar-refractivity contribution < 1.29 is 33.4 Å². The Kier molecular flexibility index (Phi) is 15.0. The molecule has 11 nitrogen and oxygen atoms in total. The Bertz CT molecular complexity index is 1070. The molecule has 0 saturated heterocycles. The number of rotatable bonds is 16. The molecular weight excluding hydrogens is 540 g/mol. The average molecular weight is 591 g/mol. The number of alkyl carbamates (subject to hydrolysis) is 1. The molecule has 4 N–H and O–H groups in total. The van der Waals surface area contributed by atoms with Crippen molar-refractivity contribution in [1.82, 2.24) is 15.5 Å². The quantitative estimate of drug-likeness (QED) is 0.246. The molecule has 0 aliphatic carbocycles. The van der Waals surface area contributed by atoms with E-state index in [0.717, 1.165) is 12.0 Å². The Balaban J connectivity index is 3.60. The number of nitrogens with zero attached hydrogens (tertiary/aromatic N) is 1. The summed E-state index contributed by atoms with van der Waals surface area (Å²) < 4.78 is 10.4. The largest absolute Gasteiger partial charge is 0.466 e. The van der Waals surface area contributed by atoms with Crippen molar-refractivity contribution in [3.8, 4) is 0 Å². The smallest absolute Gasteiger partial charge is 0.408 e. The van der Waals surface area contributed by atoms with Crippen LogP contribution in [0, 0.1) is 12.8 Å². The third kappa shape index (κ3) is 12.9. The van der Waals surface area contributed by atoms with Crippen LogP contribution in [0.4, 0.5) is 4.79 Å². The van der Waals surface area contributed by atoms with Gasteiger partial charge in [0.2, 0.25) is 17.7 Å². The zero-order valence-corrected chi connectivity index (χ0v) is 26.5. The maximum Gasteiger partial charge on any atom is 0.408 e. The predicted molar refractivity (Wildman–Crippen MR) is 160 cm³/mol. The van der Waals surface area contributed by atoms with Gasteiger partial charge in [-0.1, -0.05) is 38.1 Å². The van der Waals surface area contributed by atoms with Gasteiger partial charge in [-0.15, -0.1) is 0 Å². The van der Waals surface area contributed by atoms with E-state index in [0.29, 0.717) is 17.9 Å². The number of ether oxygens (including phenoxy) is 2. The minimum Gasteiger partial charge on any atom is -0.466 e. The van der Waals surface area contributed by atoms with Crippen LogP contribution in [0.1, 0.15) is 97.7 Å². The Morgan fingerprint density at radius 1 is 0.976 bits per heavy atom. The highest BCUT2D eigenvalue weighted by atomic mass is 16.6. The Morgan fingerprint density at radius 2 is 1.62 bits per heavy atom. The summed E-state index contributed by atoms with van der Waals surface area (Å²) in [5.74, 6) is -1.77. The van der Waals surface area contributed by atoms with Crippen molar-refractivity contribution >= 4 is 29.8 Å². The first kappa shape index (κ1) is 36.4. The van der Waals surface area contributed by atoms with E-state index in [4.69, 9.17) is 15.2 Å². The summed E-state index contributed by atoms with van der Waals surface area (Å²) >= 11 is 0. The van der Waals surface area contributed by atoms with E-state index in [-0.39, 0.29) is 32.4 Å². The first-order chi connectivity index (χ1) is 19.6. The van der Waals surface area contributed by atoms with Gasteiger partial charge in [-0.05, 0) is 77.8 Å². The number of amides is 4. The van der Waals surface area contributed by atoms with Gasteiger partial charge in [-0.3, -0.25) is 19.2 Å². The molecule has 0 saturated carbocycles. The van der Waals surface area contributed by atoms with Crippen LogP contribution >= 0.6 is 0 Å². The standard InChI is InChI=1S/C31H50N4O7/c1-9-41-26(37)18-19-33-28(38)27(23-13-11-10-12-21(23)4)35(22(5)15-14-20(2)3)29(39)24(16-17-25(32)36)34-30(40)42-31(6,7)8/h10-13,20,22,24,27H,9,14-19H2,1-8H3,(H2,32,36)(H,33,38)(H,34,40). The zero-order valence-electron chi connectivity index (χ0n) is 26.5. The normalized spacial score (nSPS) is 13.5. The van der Waals surface area contributed by atoms with Gasteiger partial charge in [-0.25, -0.2) is 4.79 Å². The van der Waals surface area contributed by atoms with Crippen LogP contribution in [0.5, 0.6) is 0 Å². The van der Waals surface area contributed by atoms with Crippen LogP contribution in [-0.4, -0.2) is 65.5 Å². The molecule has 42 heavy (non-hydrogen) atoms. The first-order valence-corrected chi connectivity index (χ1v) is 14.7. The van der Waals surface area contributed by atoms with Gasteiger partial charge >= 0.3 is 12.1 Å². The number of benzene rings is 1. The van der Waals surface area contributed by atoms with Crippen molar-refractivity contribution in [2.75, 3.05) is 13.2 Å². The molecule has 236 valence electrons. The molecule has 0 spiro atoms. The van der Waals surface area contributed by atoms with Crippen LogP contribution in [0.3, 0.4) is 0 Å². The van der Waals surface area contributed by atoms with Gasteiger partial charge in [0.15, 0.2) is 0 Å². The molecule has 4 amide bonds. The molecule has 3 unspecified atom stereocenters. The monoisotopic (exact) mass is 590 g/mol. The topological polar surface area (TPSA) is 157 Å². The first-order valence-electron chi connectivity index (χ1n) is 14.7. The average Bonchev–Trinajstić information content (AvgIpc) is 2.87. The Hall–Kier alpha value is -3.63. The van der Waals surface area contributed by atoms with Gasteiger partial charge in [-0.2, -0.15) is 0 Å². The molecule has 1 aromatic carbocycles. The Labute approximate surface area is 250 Å². The maximum atomic E-state index is 14.4. The minimum atomic E-state index is -1.19. The van der Waals surface area contributed by atoms with Crippen molar-refractivity contribution in [2.45, 2.75) is 111 Å². The molecule has 1 rings (SSSR count). The minimum absolute atomic E-state index is 0.0176. The van der Waals surface area contributed by atoms with Gasteiger partial charge < -0.3 is 30.7 Å². The second-order valence-corrected chi connectivity index (χ2v) is 11.9. The van der Waals surface area contributed by atoms with E-state index < -0.39 is 53.5 Å². The molecule has 0 fully saturated rings. The van der Waals surface area contributed by atoms with Crippen molar-refractivity contribution in [3.05, 3.63) is 35.4 Å². The number of carbonyl (C=O) groups is 5. The summed E-state index contributed by atoms with van der Waals surface area (Å²) in [6.45, 7) is 14.9. The number of nitrogens with two attached hydrogens (primary N) is 1. The lowest BCUT2D eigenvalue weighted by atomic mass is 9.94. The second-order valence-electron chi connectivity index (χ2n) is 11.9. The molecule has 0 aromatic heterocycles. The van der Waals surface area contributed by atoms with E-state index in [1.165, 1.54) is 4.90 Å². The maximum absolute atomic E-state index is 14.4. The van der Waals surface area contributed by atoms with Crippen LogP contribution in [-0.2, 0) is 28.7 Å². The number of hydrogen-bond acceptors (Lipinski definition) is 7. The summed E-state index contributed by atoms with van der Waals surface area (Å²) in [6, 6.07) is 4.54. The van der Waals surface area contributed by atoms with Crippen LogP contribution < -0.4 is 16.4 Å². The predicted octanol–water partition coefficient (Wildman–Crippen LogP) is 3.92. The highest BCUT2D eigenvalue weighted by molar-refractivity contribution is 5.93. The van der Waals surface area contributed by atoms with Crippen molar-refractivity contribution in [1.29, 1.82) is 0 Å². The molecule has 0 radical (unpaired) electrons. The van der Waals surface area contributed by atoms with E-state index in [9.17, 15) is 24.0 Å². The fraction of sp³-hybridized carbons (Fsp3) is 0.645. The van der Waals surface area contributed by atoms with E-state index in [1.807, 2.05) is 26.0 Å². The number of esters is 1. The lowest BCUT2D eigenvalue weighted by Crippen LogP contribution is -2.56. The molecular formula is C31H50N4O7. The third-order valence-electron chi connectivity index (χ3n) is 6.50. The number of hydrogen-bond donors (Lipinski definition) is 3. The summed E-state index contributed by atoms with van der Waals surface area (Å²) in [7, 11) is 0. The Morgan fingerprint density at radius 3 is 2.17 bits per heavy atom. The van der Waals surface area contributed by atoms with Crippen LogP contribution in [0.2, 0.25) is 0 Å². The molecule has 0 heterocycles. The molecule has 11 heteroatoms. The molecule has 0 aliphatic heterocycles. The zero-order chi connectivity index (χ0) is 32.0. The van der Waals surface area contributed by atoms with E-state index in [1.54, 1.807) is 39.8 Å². The molecule has 0 aliphatic rings. The van der Waals surface area contributed by atoms with Gasteiger partial charge in [0, 0.05) is 19.0 Å². The van der Waals surface area contributed by atoms with Crippen molar-refractivity contribution in [2.24, 2.45) is 11.7 Å². The van der Waals surface area contributed by atoms with Crippen LogP contribution in [0.15, 0.2) is 24.3 Å². The fourth-order valence-electron chi connectivity index (χ4n) is 4.41. The number of carbonyl (C=O) groups excluding carboxylic acids is 5. The molecule has 3 atom stereocenters. The number of nitrogens with one attached hydrogen (secondary N) is 2. The van der Waals surface area contributed by atoms with Gasteiger partial charge in [0.25, 0.3) is 0 Å². The summed E-state index contributed by atoms with van der Waals surface area (Å²) in [5.41, 5.74) is 5.96. The summed E-state index contributed by atoms with van der Waals surface area (Å²) in [6.07, 6.45) is 0.259. The molecule has 0 bridgehead atoms. The summed E-state index contributed by atoms with van der Waals surface area (Å²) in [5, 5.41) is 5.40. The fourth-order valence-corrected chi connectivity index (χ4v) is 4.41. The molecule has 1 aromatic rings. The highest BCUT2D eigenvalue weighted by Gasteiger charge is 2.39. The van der Waals surface area contributed by atoms with Crippen LogP contribution in [0.25, 0.3) is 0 Å². The van der Waals surface area contributed by atoms with Gasteiger partial charge in [0.1, 0.15) is 17.7 Å². The SMILES string of the molecule is CCOC(=O)CCNC(=O)C(c1ccccc1C)N(C(=O)C(CCC(N)=O)NC(=O)OC(C)(C)C)C(C)CCC(C)C. The summed E-state index contributed by atoms with van der Waals surface area (Å²) in [4.78, 5) is 66.1. The van der Waals surface area contributed by atoms with Crippen molar-refractivity contribution in [3.63, 3.8) is 0 Å². The third-order valence-corrected chi connectivity index (χ3v) is 6.50. The van der Waals surface area contributed by atoms with E-state index >= 15 is 0 Å². The number of aryl methyl sites for hydroxylation is 1. The second kappa shape index (κ2) is 17.4.